The predicted molar refractivity (Wildman–Crippen MR) is 37.5 cm³/mol. The molecule has 0 atom stereocenters. The van der Waals surface area contributed by atoms with Gasteiger partial charge in [0.05, 0.1) is 4.21 Å². The first-order chi connectivity index (χ1) is 3.93. The van der Waals surface area contributed by atoms with Crippen molar-refractivity contribution in [2.24, 2.45) is 5.84 Å². The molecule has 8 heavy (non-hydrogen) atoms. The maximum atomic E-state index is 5.04. The quantitative estimate of drug-likeness (QED) is 0.374. The Hall–Kier alpha value is -0.0300. The number of hydrazine groups is 1. The number of nitrogens with two attached hydrogens (primary N) is 1. The summed E-state index contributed by atoms with van der Waals surface area (Å²) in [4.78, 5) is 2.50. The molecule has 1 aromatic rings. The van der Waals surface area contributed by atoms with Crippen LogP contribution in [0, 0.1) is 0 Å². The number of hydrogen-bond donors (Lipinski definition) is 2. The van der Waals surface area contributed by atoms with Gasteiger partial charge >= 0.3 is 0 Å². The van der Waals surface area contributed by atoms with Crippen molar-refractivity contribution in [3.63, 3.8) is 0 Å². The summed E-state index contributed by atoms with van der Waals surface area (Å²) in [7, 11) is 0. The Bertz CT molecular complexity index is 138. The molecular formula is C4H6N2S2. The molecule has 0 fully saturated rings. The monoisotopic (exact) mass is 146 g/mol. The second-order valence-corrected chi connectivity index (χ2v) is 3.24. The van der Waals surface area contributed by atoms with Crippen molar-refractivity contribution in [1.82, 2.24) is 4.83 Å². The van der Waals surface area contributed by atoms with E-state index in [2.05, 4.69) is 4.83 Å². The van der Waals surface area contributed by atoms with Gasteiger partial charge in [-0.1, -0.05) is 6.07 Å². The van der Waals surface area contributed by atoms with E-state index in [1.165, 1.54) is 16.2 Å². The highest BCUT2D eigenvalue weighted by atomic mass is 32.2. The van der Waals surface area contributed by atoms with E-state index in [9.17, 15) is 0 Å². The van der Waals surface area contributed by atoms with Crippen LogP contribution in [0.15, 0.2) is 21.7 Å². The number of nitrogens with one attached hydrogen (secondary N) is 1. The molecule has 0 aromatic carbocycles. The van der Waals surface area contributed by atoms with Crippen LogP contribution in [0.2, 0.25) is 0 Å². The Labute approximate surface area is 56.2 Å². The van der Waals surface area contributed by atoms with Crippen LogP contribution in [0.3, 0.4) is 0 Å². The average molecular weight is 146 g/mol. The fourth-order valence-corrected chi connectivity index (χ4v) is 1.59. The van der Waals surface area contributed by atoms with Crippen LogP contribution in [-0.2, 0) is 0 Å². The minimum Gasteiger partial charge on any atom is -0.261 e. The molecule has 44 valence electrons. The van der Waals surface area contributed by atoms with Gasteiger partial charge in [-0.15, -0.1) is 11.3 Å². The molecule has 0 bridgehead atoms. The highest BCUT2D eigenvalue weighted by Crippen LogP contribution is 2.18. The lowest BCUT2D eigenvalue weighted by molar-refractivity contribution is 1.12. The Morgan fingerprint density at radius 2 is 2.62 bits per heavy atom. The number of rotatable bonds is 2. The van der Waals surface area contributed by atoms with Crippen LogP contribution >= 0.6 is 23.3 Å². The van der Waals surface area contributed by atoms with E-state index in [4.69, 9.17) is 5.84 Å². The Kier molecular flexibility index (Phi) is 2.35. The minimum absolute atomic E-state index is 1.19. The molecule has 1 heterocycles. The number of hydrogen-bond acceptors (Lipinski definition) is 4. The molecule has 0 aliphatic rings. The topological polar surface area (TPSA) is 38.0 Å². The molecule has 0 saturated carbocycles. The summed E-state index contributed by atoms with van der Waals surface area (Å²) in [6, 6.07) is 4.00. The van der Waals surface area contributed by atoms with Crippen molar-refractivity contribution in [3.05, 3.63) is 17.5 Å². The van der Waals surface area contributed by atoms with E-state index in [0.29, 0.717) is 0 Å². The van der Waals surface area contributed by atoms with Crippen LogP contribution < -0.4 is 10.7 Å². The molecule has 1 aromatic heterocycles. The Morgan fingerprint density at radius 1 is 1.75 bits per heavy atom. The van der Waals surface area contributed by atoms with Gasteiger partial charge in [0.2, 0.25) is 0 Å². The second-order valence-electron chi connectivity index (χ2n) is 1.15. The van der Waals surface area contributed by atoms with Crippen molar-refractivity contribution in [2.75, 3.05) is 0 Å². The van der Waals surface area contributed by atoms with E-state index in [1.54, 1.807) is 11.3 Å². The molecule has 0 aliphatic carbocycles. The van der Waals surface area contributed by atoms with Crippen LogP contribution in [-0.4, -0.2) is 0 Å². The van der Waals surface area contributed by atoms with E-state index >= 15 is 0 Å². The van der Waals surface area contributed by atoms with Crippen LogP contribution in [0.4, 0.5) is 0 Å². The smallest absolute Gasteiger partial charge is 0.0763 e. The van der Waals surface area contributed by atoms with E-state index < -0.39 is 0 Å². The normalized spacial score (nSPS) is 9.62. The summed E-state index contributed by atoms with van der Waals surface area (Å²) < 4.78 is 1.19. The first-order valence-corrected chi connectivity index (χ1v) is 3.79. The summed E-state index contributed by atoms with van der Waals surface area (Å²) in [6.07, 6.45) is 0. The summed E-state index contributed by atoms with van der Waals surface area (Å²) >= 11 is 3.10. The fraction of sp³-hybridized carbons (Fsp3) is 0. The molecule has 2 nitrogen and oxygen atoms in total. The van der Waals surface area contributed by atoms with Crippen molar-refractivity contribution in [3.8, 4) is 0 Å². The lowest BCUT2D eigenvalue weighted by Gasteiger charge is -1.88. The third kappa shape index (κ3) is 1.48. The molecule has 0 aliphatic heterocycles. The van der Waals surface area contributed by atoms with Crippen LogP contribution in [0.25, 0.3) is 0 Å². The zero-order valence-corrected chi connectivity index (χ0v) is 5.76. The van der Waals surface area contributed by atoms with Crippen LogP contribution in [0.5, 0.6) is 0 Å². The second kappa shape index (κ2) is 3.09. The fourth-order valence-electron chi connectivity index (χ4n) is 0.380. The van der Waals surface area contributed by atoms with Gasteiger partial charge in [0, 0.05) is 0 Å². The SMILES string of the molecule is NNSc1cccs1. The van der Waals surface area contributed by atoms with Crippen molar-refractivity contribution in [1.29, 1.82) is 0 Å². The first kappa shape index (κ1) is 6.10. The molecular weight excluding hydrogens is 140 g/mol. The summed E-state index contributed by atoms with van der Waals surface area (Å²) in [5.41, 5.74) is 0. The van der Waals surface area contributed by atoms with Crippen molar-refractivity contribution >= 4 is 23.3 Å². The van der Waals surface area contributed by atoms with Crippen molar-refractivity contribution in [2.45, 2.75) is 4.21 Å². The van der Waals surface area contributed by atoms with E-state index in [0.717, 1.165) is 0 Å². The highest BCUT2D eigenvalue weighted by Gasteiger charge is 1.87. The Morgan fingerprint density at radius 3 is 3.12 bits per heavy atom. The summed E-state index contributed by atoms with van der Waals surface area (Å²) in [5.74, 6) is 5.04. The molecule has 0 radical (unpaired) electrons. The van der Waals surface area contributed by atoms with Gasteiger partial charge in [0.1, 0.15) is 0 Å². The molecule has 3 N–H and O–H groups in total. The van der Waals surface area contributed by atoms with Gasteiger partial charge < -0.3 is 0 Å². The van der Waals surface area contributed by atoms with Gasteiger partial charge in [-0.3, -0.25) is 5.84 Å². The van der Waals surface area contributed by atoms with Crippen LogP contribution in [0.1, 0.15) is 0 Å². The highest BCUT2D eigenvalue weighted by molar-refractivity contribution is 7.99. The Balaban J connectivity index is 2.50. The first-order valence-electron chi connectivity index (χ1n) is 2.09. The van der Waals surface area contributed by atoms with Gasteiger partial charge in [0.15, 0.2) is 0 Å². The van der Waals surface area contributed by atoms with Gasteiger partial charge in [-0.05, 0) is 23.4 Å². The van der Waals surface area contributed by atoms with E-state index in [-0.39, 0.29) is 0 Å². The summed E-state index contributed by atoms with van der Waals surface area (Å²) in [5, 5.41) is 2.01. The molecule has 0 amide bonds. The van der Waals surface area contributed by atoms with E-state index in [1.807, 2.05) is 17.5 Å². The molecule has 4 heteroatoms. The molecule has 0 spiro atoms. The zero-order valence-electron chi connectivity index (χ0n) is 4.13. The average Bonchev–Trinajstić information content (AvgIpc) is 2.19. The van der Waals surface area contributed by atoms with Gasteiger partial charge in [0.25, 0.3) is 0 Å². The number of thiophene rings is 1. The minimum atomic E-state index is 1.19. The standard InChI is InChI=1S/C4H6N2S2/c5-6-8-4-2-1-3-7-4/h1-3,6H,5H2. The zero-order chi connectivity index (χ0) is 5.82. The maximum Gasteiger partial charge on any atom is 0.0763 e. The molecule has 1 rings (SSSR count). The van der Waals surface area contributed by atoms with Crippen molar-refractivity contribution < 1.29 is 0 Å². The van der Waals surface area contributed by atoms with Gasteiger partial charge in [-0.2, -0.15) is 4.83 Å². The molecule has 0 saturated heterocycles. The molecule has 0 unspecified atom stereocenters. The third-order valence-electron chi connectivity index (χ3n) is 0.655. The predicted octanol–water partition coefficient (Wildman–Crippen LogP) is 1.22. The summed E-state index contributed by atoms with van der Waals surface area (Å²) in [6.45, 7) is 0. The lowest BCUT2D eigenvalue weighted by Crippen LogP contribution is -2.10. The van der Waals surface area contributed by atoms with Gasteiger partial charge in [-0.25, -0.2) is 0 Å². The lowest BCUT2D eigenvalue weighted by atomic mass is 10.7. The third-order valence-corrected chi connectivity index (χ3v) is 2.31. The maximum absolute atomic E-state index is 5.04. The largest absolute Gasteiger partial charge is 0.261 e.